The average molecular weight is 298 g/mol. The summed E-state index contributed by atoms with van der Waals surface area (Å²) in [5.74, 6) is -0.0574. The maximum absolute atomic E-state index is 11.7. The topological polar surface area (TPSA) is 38.3 Å². The van der Waals surface area contributed by atoms with Crippen molar-refractivity contribution in [1.29, 1.82) is 0 Å². The summed E-state index contributed by atoms with van der Waals surface area (Å²) in [7, 11) is 0. The summed E-state index contributed by atoms with van der Waals surface area (Å²) < 4.78 is 5.10. The van der Waals surface area contributed by atoms with Crippen LogP contribution >= 0.6 is 15.9 Å². The summed E-state index contributed by atoms with van der Waals surface area (Å²) in [4.78, 5) is 11.9. The highest BCUT2D eigenvalue weighted by atomic mass is 79.9. The van der Waals surface area contributed by atoms with Gasteiger partial charge in [0.1, 0.15) is 6.61 Å². The summed E-state index contributed by atoms with van der Waals surface area (Å²) in [5.41, 5.74) is 2.51. The fraction of sp³-hybridized carbons (Fsp3) is 0.462. The van der Waals surface area contributed by atoms with Gasteiger partial charge in [0.25, 0.3) is 0 Å². The van der Waals surface area contributed by atoms with Crippen molar-refractivity contribution in [2.24, 2.45) is 0 Å². The van der Waals surface area contributed by atoms with E-state index in [-0.39, 0.29) is 23.4 Å². The summed E-state index contributed by atoms with van der Waals surface area (Å²) in [5, 5.41) is 3.01. The van der Waals surface area contributed by atoms with Gasteiger partial charge in [-0.05, 0) is 24.5 Å². The lowest BCUT2D eigenvalue weighted by molar-refractivity contribution is -0.126. The molecule has 1 aromatic carbocycles. The molecule has 1 aliphatic rings. The van der Waals surface area contributed by atoms with E-state index in [1.165, 1.54) is 11.1 Å². The van der Waals surface area contributed by atoms with Crippen molar-refractivity contribution in [3.8, 4) is 0 Å². The predicted molar refractivity (Wildman–Crippen MR) is 70.2 cm³/mol. The van der Waals surface area contributed by atoms with Crippen LogP contribution in [0.4, 0.5) is 0 Å². The van der Waals surface area contributed by atoms with Crippen LogP contribution in [0.2, 0.25) is 0 Å². The SMILES string of the molecule is CCOCC(=O)NC1c2ccccc2CC1Br. The lowest BCUT2D eigenvalue weighted by atomic mass is 10.1. The van der Waals surface area contributed by atoms with Crippen LogP contribution in [0.5, 0.6) is 0 Å². The highest BCUT2D eigenvalue weighted by Gasteiger charge is 2.31. The van der Waals surface area contributed by atoms with Gasteiger partial charge in [0.2, 0.25) is 5.91 Å². The van der Waals surface area contributed by atoms with Gasteiger partial charge in [-0.15, -0.1) is 0 Å². The first-order valence-electron chi connectivity index (χ1n) is 5.81. The van der Waals surface area contributed by atoms with Gasteiger partial charge in [0, 0.05) is 11.4 Å². The van der Waals surface area contributed by atoms with Crippen LogP contribution in [0, 0.1) is 0 Å². The Hall–Kier alpha value is -0.870. The molecule has 1 aromatic rings. The lowest BCUT2D eigenvalue weighted by Crippen LogP contribution is -2.34. The summed E-state index contributed by atoms with van der Waals surface area (Å²) in [6.07, 6.45) is 0.954. The molecule has 3 nitrogen and oxygen atoms in total. The molecule has 1 N–H and O–H groups in total. The Kier molecular flexibility index (Phi) is 4.18. The molecule has 0 radical (unpaired) electrons. The normalized spacial score (nSPS) is 22.2. The quantitative estimate of drug-likeness (QED) is 0.865. The fourth-order valence-corrected chi connectivity index (χ4v) is 2.89. The molecule has 2 unspecified atom stereocenters. The number of alkyl halides is 1. The number of hydrogen-bond donors (Lipinski definition) is 1. The third kappa shape index (κ3) is 2.87. The Morgan fingerprint density at radius 2 is 2.29 bits per heavy atom. The van der Waals surface area contributed by atoms with Crippen molar-refractivity contribution >= 4 is 21.8 Å². The molecule has 0 heterocycles. The average Bonchev–Trinajstić information content (AvgIpc) is 2.64. The Bertz CT molecular complexity index is 408. The van der Waals surface area contributed by atoms with E-state index in [0.717, 1.165) is 6.42 Å². The van der Waals surface area contributed by atoms with E-state index in [1.807, 2.05) is 19.1 Å². The van der Waals surface area contributed by atoms with Crippen molar-refractivity contribution in [3.63, 3.8) is 0 Å². The largest absolute Gasteiger partial charge is 0.372 e. The first kappa shape index (κ1) is 12.6. The molecule has 0 aromatic heterocycles. The van der Waals surface area contributed by atoms with E-state index in [9.17, 15) is 4.79 Å². The van der Waals surface area contributed by atoms with E-state index >= 15 is 0 Å². The molecule has 17 heavy (non-hydrogen) atoms. The second-order valence-electron chi connectivity index (χ2n) is 4.10. The smallest absolute Gasteiger partial charge is 0.246 e. The van der Waals surface area contributed by atoms with Gasteiger partial charge in [-0.3, -0.25) is 4.79 Å². The number of halogens is 1. The van der Waals surface area contributed by atoms with E-state index in [1.54, 1.807) is 0 Å². The zero-order valence-electron chi connectivity index (χ0n) is 9.78. The Morgan fingerprint density at radius 1 is 1.53 bits per heavy atom. The molecule has 92 valence electrons. The molecule has 1 aliphatic carbocycles. The van der Waals surface area contributed by atoms with Gasteiger partial charge >= 0.3 is 0 Å². The maximum atomic E-state index is 11.7. The molecule has 0 saturated carbocycles. The number of carbonyl (C=O) groups is 1. The number of nitrogens with one attached hydrogen (secondary N) is 1. The van der Waals surface area contributed by atoms with Gasteiger partial charge in [0.15, 0.2) is 0 Å². The van der Waals surface area contributed by atoms with Crippen molar-refractivity contribution < 1.29 is 9.53 Å². The Balaban J connectivity index is 2.04. The Morgan fingerprint density at radius 3 is 3.06 bits per heavy atom. The lowest BCUT2D eigenvalue weighted by Gasteiger charge is -2.17. The summed E-state index contributed by atoms with van der Waals surface area (Å²) >= 11 is 3.63. The second-order valence-corrected chi connectivity index (χ2v) is 5.28. The fourth-order valence-electron chi connectivity index (χ4n) is 2.12. The minimum absolute atomic E-state index is 0.0548. The first-order valence-corrected chi connectivity index (χ1v) is 6.73. The van der Waals surface area contributed by atoms with E-state index < -0.39 is 0 Å². The second kappa shape index (κ2) is 5.65. The molecule has 2 atom stereocenters. The molecular formula is C13H16BrNO2. The molecule has 0 spiro atoms. The van der Waals surface area contributed by atoms with E-state index in [0.29, 0.717) is 6.61 Å². The summed E-state index contributed by atoms with van der Waals surface area (Å²) in [6.45, 7) is 2.58. The van der Waals surface area contributed by atoms with Gasteiger partial charge < -0.3 is 10.1 Å². The number of fused-ring (bicyclic) bond motifs is 1. The van der Waals surface area contributed by atoms with Gasteiger partial charge in [-0.2, -0.15) is 0 Å². The number of amides is 1. The van der Waals surface area contributed by atoms with Crippen LogP contribution in [0.25, 0.3) is 0 Å². The number of hydrogen-bond acceptors (Lipinski definition) is 2. The van der Waals surface area contributed by atoms with Crippen molar-refractivity contribution in [3.05, 3.63) is 35.4 Å². The van der Waals surface area contributed by atoms with Crippen molar-refractivity contribution in [1.82, 2.24) is 5.32 Å². The monoisotopic (exact) mass is 297 g/mol. The molecule has 2 rings (SSSR count). The predicted octanol–water partition coefficient (Wildman–Crippen LogP) is 2.20. The molecule has 0 saturated heterocycles. The number of rotatable bonds is 4. The van der Waals surface area contributed by atoms with Gasteiger partial charge in [0.05, 0.1) is 6.04 Å². The van der Waals surface area contributed by atoms with Gasteiger partial charge in [-0.1, -0.05) is 40.2 Å². The van der Waals surface area contributed by atoms with E-state index in [2.05, 4.69) is 33.4 Å². The van der Waals surface area contributed by atoms with Crippen molar-refractivity contribution in [2.75, 3.05) is 13.2 Å². The van der Waals surface area contributed by atoms with Crippen molar-refractivity contribution in [2.45, 2.75) is 24.2 Å². The highest BCUT2D eigenvalue weighted by Crippen LogP contribution is 2.35. The van der Waals surface area contributed by atoms with Crippen LogP contribution in [0.15, 0.2) is 24.3 Å². The third-order valence-electron chi connectivity index (χ3n) is 2.92. The standard InChI is InChI=1S/C13H16BrNO2/c1-2-17-8-12(16)15-13-10-6-4-3-5-9(10)7-11(13)14/h3-6,11,13H,2,7-8H2,1H3,(H,15,16). The van der Waals surface area contributed by atoms with Crippen LogP contribution in [0.3, 0.4) is 0 Å². The van der Waals surface area contributed by atoms with Gasteiger partial charge in [-0.25, -0.2) is 0 Å². The molecule has 4 heteroatoms. The molecule has 0 bridgehead atoms. The van der Waals surface area contributed by atoms with E-state index in [4.69, 9.17) is 4.74 Å². The molecule has 0 aliphatic heterocycles. The summed E-state index contributed by atoms with van der Waals surface area (Å²) in [6, 6.07) is 8.27. The first-order chi connectivity index (χ1) is 8.22. The number of carbonyl (C=O) groups excluding carboxylic acids is 1. The Labute approximate surface area is 110 Å². The molecular weight excluding hydrogens is 282 g/mol. The van der Waals surface area contributed by atoms with Crippen LogP contribution in [-0.2, 0) is 16.0 Å². The minimum atomic E-state index is -0.0574. The minimum Gasteiger partial charge on any atom is -0.372 e. The maximum Gasteiger partial charge on any atom is 0.246 e. The van der Waals surface area contributed by atoms with Crippen LogP contribution in [0.1, 0.15) is 24.1 Å². The molecule has 1 amide bonds. The van der Waals surface area contributed by atoms with Crippen LogP contribution < -0.4 is 5.32 Å². The third-order valence-corrected chi connectivity index (χ3v) is 3.77. The molecule has 0 fully saturated rings. The van der Waals surface area contributed by atoms with Crippen LogP contribution in [-0.4, -0.2) is 23.9 Å². The number of benzene rings is 1. The number of ether oxygens (including phenoxy) is 1. The zero-order valence-corrected chi connectivity index (χ0v) is 11.4. The zero-order chi connectivity index (χ0) is 12.3. The highest BCUT2D eigenvalue weighted by molar-refractivity contribution is 9.09.